The first-order chi connectivity index (χ1) is 16.2. The van der Waals surface area contributed by atoms with E-state index >= 15 is 0 Å². The Morgan fingerprint density at radius 2 is 1.85 bits per heavy atom. The van der Waals surface area contributed by atoms with E-state index in [2.05, 4.69) is 10.3 Å². The molecule has 0 aliphatic rings. The van der Waals surface area contributed by atoms with Gasteiger partial charge in [0, 0.05) is 41.2 Å². The maximum Gasteiger partial charge on any atom is 0.407 e. The highest BCUT2D eigenvalue weighted by Crippen LogP contribution is 2.20. The first-order valence-corrected chi connectivity index (χ1v) is 10.7. The Morgan fingerprint density at radius 1 is 1.09 bits per heavy atom. The maximum atomic E-state index is 12.8. The van der Waals surface area contributed by atoms with E-state index in [4.69, 9.17) is 9.47 Å². The van der Waals surface area contributed by atoms with Gasteiger partial charge in [-0.05, 0) is 17.5 Å². The summed E-state index contributed by atoms with van der Waals surface area (Å²) in [6, 6.07) is 11.5. The molecule has 1 heterocycles. The molecule has 1 atom stereocenters. The van der Waals surface area contributed by atoms with Gasteiger partial charge in [-0.1, -0.05) is 44.2 Å². The molecule has 0 spiro atoms. The number of non-ortho nitro benzene ring substituents is 1. The molecule has 0 bridgehead atoms. The van der Waals surface area contributed by atoms with Crippen LogP contribution in [0.1, 0.15) is 29.8 Å². The Morgan fingerprint density at radius 3 is 2.59 bits per heavy atom. The summed E-state index contributed by atoms with van der Waals surface area (Å²) in [6.07, 6.45) is 1.06. The van der Waals surface area contributed by atoms with Crippen LogP contribution in [0.2, 0.25) is 0 Å². The Labute approximate surface area is 195 Å². The molecule has 0 aliphatic heterocycles. The van der Waals surface area contributed by atoms with E-state index < -0.39 is 35.4 Å². The summed E-state index contributed by atoms with van der Waals surface area (Å²) in [5.41, 5.74) is 1.43. The van der Waals surface area contributed by atoms with Gasteiger partial charge in [0.1, 0.15) is 6.04 Å². The summed E-state index contributed by atoms with van der Waals surface area (Å²) in [4.78, 5) is 50.9. The Balaban J connectivity index is 1.71. The quantitative estimate of drug-likeness (QED) is 0.200. The maximum absolute atomic E-state index is 12.8. The fraction of sp³-hybridized carbons (Fsp3) is 0.292. The van der Waals surface area contributed by atoms with E-state index in [1.54, 1.807) is 6.20 Å². The number of aromatic nitrogens is 1. The number of hydrogen-bond donors (Lipinski definition) is 2. The third-order valence-electron chi connectivity index (χ3n) is 4.95. The summed E-state index contributed by atoms with van der Waals surface area (Å²) in [5.74, 6) is -1.33. The van der Waals surface area contributed by atoms with E-state index in [0.717, 1.165) is 22.5 Å². The van der Waals surface area contributed by atoms with E-state index in [1.165, 1.54) is 18.2 Å². The molecule has 1 aromatic heterocycles. The van der Waals surface area contributed by atoms with Crippen molar-refractivity contribution in [3.05, 3.63) is 76.0 Å². The van der Waals surface area contributed by atoms with Crippen LogP contribution >= 0.6 is 0 Å². The number of carbonyl (C=O) groups excluding carboxylic acids is 3. The average molecular weight is 467 g/mol. The molecule has 34 heavy (non-hydrogen) atoms. The van der Waals surface area contributed by atoms with Gasteiger partial charge < -0.3 is 19.8 Å². The summed E-state index contributed by atoms with van der Waals surface area (Å²) in [6.45, 7) is 3.30. The number of Topliss-reactive ketones (excluding diaryl/α,β-unsaturated/α-hetero) is 1. The van der Waals surface area contributed by atoms with E-state index in [9.17, 15) is 24.5 Å². The summed E-state index contributed by atoms with van der Waals surface area (Å²) >= 11 is 0. The molecule has 2 aromatic carbocycles. The number of alkyl carbamates (subject to hydrolysis) is 1. The molecule has 1 amide bonds. The van der Waals surface area contributed by atoms with Gasteiger partial charge in [0.25, 0.3) is 5.69 Å². The van der Waals surface area contributed by atoms with Crippen LogP contribution in [0, 0.1) is 16.0 Å². The lowest BCUT2D eigenvalue weighted by Gasteiger charge is -2.18. The predicted molar refractivity (Wildman–Crippen MR) is 123 cm³/mol. The standard InChI is InChI=1S/C24H25N3O7/c1-15(2)13-34-24(30)26-21(11-17-12-25-20-9-4-3-8-19(17)20)23(29)33-14-22(28)16-6-5-7-18(10-16)27(31)32/h3-10,12,15,21,25H,11,13-14H2,1-2H3,(H,26,30)/t21-/m0/s1. The van der Waals surface area contributed by atoms with Crippen molar-refractivity contribution in [2.45, 2.75) is 26.3 Å². The molecule has 0 aliphatic carbocycles. The number of para-hydroxylation sites is 1. The Kier molecular flexibility index (Phi) is 7.96. The van der Waals surface area contributed by atoms with Crippen LogP contribution in [0.4, 0.5) is 10.5 Å². The Hall–Kier alpha value is -4.21. The number of nitrogens with one attached hydrogen (secondary N) is 2. The number of fused-ring (bicyclic) bond motifs is 1. The highest BCUT2D eigenvalue weighted by Gasteiger charge is 2.26. The third-order valence-corrected chi connectivity index (χ3v) is 4.95. The van der Waals surface area contributed by atoms with Crippen LogP contribution in [-0.2, 0) is 20.7 Å². The number of carbonyl (C=O) groups is 3. The highest BCUT2D eigenvalue weighted by atomic mass is 16.6. The minimum absolute atomic E-state index is 0.0412. The molecular weight excluding hydrogens is 442 g/mol. The fourth-order valence-electron chi connectivity index (χ4n) is 3.25. The molecule has 10 nitrogen and oxygen atoms in total. The normalized spacial score (nSPS) is 11.7. The number of nitro benzene ring substituents is 1. The average Bonchev–Trinajstić information content (AvgIpc) is 3.23. The first-order valence-electron chi connectivity index (χ1n) is 10.7. The van der Waals surface area contributed by atoms with Crippen molar-refractivity contribution in [1.82, 2.24) is 10.3 Å². The Bertz CT molecular complexity index is 1200. The molecule has 0 radical (unpaired) electrons. The zero-order chi connectivity index (χ0) is 24.7. The van der Waals surface area contributed by atoms with Crippen molar-refractivity contribution in [2.75, 3.05) is 13.2 Å². The lowest BCUT2D eigenvalue weighted by atomic mass is 10.1. The zero-order valence-electron chi connectivity index (χ0n) is 18.8. The molecular formula is C24H25N3O7. The number of ether oxygens (including phenoxy) is 2. The molecule has 178 valence electrons. The summed E-state index contributed by atoms with van der Waals surface area (Å²) in [5, 5.41) is 14.3. The molecule has 0 saturated heterocycles. The van der Waals surface area contributed by atoms with Crippen molar-refractivity contribution in [3.8, 4) is 0 Å². The van der Waals surface area contributed by atoms with Gasteiger partial charge >= 0.3 is 12.1 Å². The van der Waals surface area contributed by atoms with Gasteiger partial charge in [-0.25, -0.2) is 9.59 Å². The van der Waals surface area contributed by atoms with Crippen molar-refractivity contribution < 1.29 is 28.8 Å². The van der Waals surface area contributed by atoms with Crippen LogP contribution in [0.25, 0.3) is 10.9 Å². The number of nitrogens with zero attached hydrogens (tertiary/aromatic N) is 1. The summed E-state index contributed by atoms with van der Waals surface area (Å²) in [7, 11) is 0. The predicted octanol–water partition coefficient (Wildman–Crippen LogP) is 3.80. The molecule has 0 unspecified atom stereocenters. The van der Waals surface area contributed by atoms with Crippen LogP contribution in [0.15, 0.2) is 54.7 Å². The van der Waals surface area contributed by atoms with Crippen molar-refractivity contribution in [3.63, 3.8) is 0 Å². The second-order valence-electron chi connectivity index (χ2n) is 8.09. The van der Waals surface area contributed by atoms with E-state index in [1.807, 2.05) is 38.1 Å². The van der Waals surface area contributed by atoms with Gasteiger partial charge in [-0.3, -0.25) is 14.9 Å². The second kappa shape index (κ2) is 11.1. The number of amides is 1. The lowest BCUT2D eigenvalue weighted by Crippen LogP contribution is -2.44. The smallest absolute Gasteiger partial charge is 0.407 e. The number of hydrogen-bond acceptors (Lipinski definition) is 7. The monoisotopic (exact) mass is 467 g/mol. The van der Waals surface area contributed by atoms with Crippen molar-refractivity contribution >= 4 is 34.4 Å². The molecule has 10 heteroatoms. The summed E-state index contributed by atoms with van der Waals surface area (Å²) < 4.78 is 10.3. The number of benzene rings is 2. The fourth-order valence-corrected chi connectivity index (χ4v) is 3.25. The number of rotatable bonds is 10. The molecule has 0 saturated carbocycles. The van der Waals surface area contributed by atoms with Gasteiger partial charge in [0.15, 0.2) is 6.61 Å². The number of nitro groups is 1. The topological polar surface area (TPSA) is 141 Å². The minimum atomic E-state index is -1.11. The first kappa shape index (κ1) is 24.4. The van der Waals surface area contributed by atoms with Crippen LogP contribution in [0.5, 0.6) is 0 Å². The van der Waals surface area contributed by atoms with Gasteiger partial charge in [-0.2, -0.15) is 0 Å². The largest absolute Gasteiger partial charge is 0.456 e. The SMILES string of the molecule is CC(C)COC(=O)N[C@@H](Cc1c[nH]c2ccccc12)C(=O)OCC(=O)c1cccc([N+](=O)[O-])c1. The van der Waals surface area contributed by atoms with Gasteiger partial charge in [-0.15, -0.1) is 0 Å². The second-order valence-corrected chi connectivity index (χ2v) is 8.09. The van der Waals surface area contributed by atoms with E-state index in [0.29, 0.717) is 0 Å². The molecule has 3 rings (SSSR count). The van der Waals surface area contributed by atoms with Crippen LogP contribution < -0.4 is 5.32 Å². The minimum Gasteiger partial charge on any atom is -0.456 e. The zero-order valence-corrected chi connectivity index (χ0v) is 18.8. The van der Waals surface area contributed by atoms with Gasteiger partial charge in [0.05, 0.1) is 11.5 Å². The van der Waals surface area contributed by atoms with Crippen molar-refractivity contribution in [2.24, 2.45) is 5.92 Å². The van der Waals surface area contributed by atoms with Crippen LogP contribution in [0.3, 0.4) is 0 Å². The third kappa shape index (κ3) is 6.41. The number of aromatic amines is 1. The lowest BCUT2D eigenvalue weighted by molar-refractivity contribution is -0.384. The number of H-pyrrole nitrogens is 1. The number of ketones is 1. The molecule has 3 aromatic rings. The molecule has 2 N–H and O–H groups in total. The van der Waals surface area contributed by atoms with Gasteiger partial charge in [0.2, 0.25) is 5.78 Å². The highest BCUT2D eigenvalue weighted by molar-refractivity contribution is 5.98. The van der Waals surface area contributed by atoms with E-state index in [-0.39, 0.29) is 30.2 Å². The molecule has 0 fully saturated rings. The van der Waals surface area contributed by atoms with Crippen molar-refractivity contribution in [1.29, 1.82) is 0 Å². The van der Waals surface area contributed by atoms with Crippen LogP contribution in [-0.4, -0.2) is 47.0 Å². The number of esters is 1.